The summed E-state index contributed by atoms with van der Waals surface area (Å²) in [5.41, 5.74) is 2.07. The lowest BCUT2D eigenvalue weighted by molar-refractivity contribution is -0.116. The van der Waals surface area contributed by atoms with Gasteiger partial charge in [0.25, 0.3) is 0 Å². The highest BCUT2D eigenvalue weighted by Crippen LogP contribution is 2.27. The van der Waals surface area contributed by atoms with Crippen molar-refractivity contribution >= 4 is 24.2 Å². The Labute approximate surface area is 76.4 Å². The third kappa shape index (κ3) is 1.20. The number of hydrogen-bond donors (Lipinski definition) is 2. The molecule has 0 aromatic heterocycles. The van der Waals surface area contributed by atoms with E-state index < -0.39 is 0 Å². The first-order valence-corrected chi connectivity index (χ1v) is 4.33. The van der Waals surface area contributed by atoms with Gasteiger partial charge in [-0.1, -0.05) is 6.07 Å². The minimum atomic E-state index is 0.0985. The molecule has 3 heteroatoms. The van der Waals surface area contributed by atoms with Gasteiger partial charge in [0.2, 0.25) is 5.91 Å². The molecule has 62 valence electrons. The van der Waals surface area contributed by atoms with Gasteiger partial charge in [-0.25, -0.2) is 0 Å². The van der Waals surface area contributed by atoms with Crippen molar-refractivity contribution in [2.75, 3.05) is 5.32 Å². The van der Waals surface area contributed by atoms with Crippen LogP contribution in [0.3, 0.4) is 0 Å². The third-order valence-electron chi connectivity index (χ3n) is 2.03. The Kier molecular flexibility index (Phi) is 1.81. The summed E-state index contributed by atoms with van der Waals surface area (Å²) >= 11 is 4.31. The van der Waals surface area contributed by atoms with E-state index >= 15 is 0 Å². The zero-order valence-corrected chi connectivity index (χ0v) is 7.40. The first kappa shape index (κ1) is 7.68. The molecule has 0 atom stereocenters. The Bertz CT molecular complexity index is 335. The molecular formula is C9H9NOS. The first-order chi connectivity index (χ1) is 5.77. The van der Waals surface area contributed by atoms with Gasteiger partial charge in [0, 0.05) is 17.0 Å². The number of nitrogens with one attached hydrogen (secondary N) is 1. The summed E-state index contributed by atoms with van der Waals surface area (Å²) in [5, 5.41) is 2.81. The van der Waals surface area contributed by atoms with Crippen molar-refractivity contribution in [1.82, 2.24) is 0 Å². The number of hydrogen-bond acceptors (Lipinski definition) is 2. The average Bonchev–Trinajstić information content (AvgIpc) is 2.04. The van der Waals surface area contributed by atoms with Crippen LogP contribution in [0.25, 0.3) is 0 Å². The van der Waals surface area contributed by atoms with Crippen molar-refractivity contribution < 1.29 is 4.79 Å². The van der Waals surface area contributed by atoms with E-state index in [1.165, 1.54) is 0 Å². The predicted molar refractivity (Wildman–Crippen MR) is 50.6 cm³/mol. The van der Waals surface area contributed by atoms with Crippen molar-refractivity contribution in [2.24, 2.45) is 0 Å². The second-order valence-electron chi connectivity index (χ2n) is 2.85. The van der Waals surface area contributed by atoms with Crippen LogP contribution >= 0.6 is 12.6 Å². The van der Waals surface area contributed by atoms with Gasteiger partial charge in [-0.2, -0.15) is 0 Å². The van der Waals surface area contributed by atoms with E-state index in [0.717, 1.165) is 22.6 Å². The highest BCUT2D eigenvalue weighted by atomic mass is 32.1. The number of carbonyl (C=O) groups excluding carboxylic acids is 1. The molecular weight excluding hydrogens is 170 g/mol. The van der Waals surface area contributed by atoms with Gasteiger partial charge in [-0.3, -0.25) is 4.79 Å². The fraction of sp³-hybridized carbons (Fsp3) is 0.222. The molecule has 0 aliphatic carbocycles. The van der Waals surface area contributed by atoms with Gasteiger partial charge in [0.1, 0.15) is 0 Å². The zero-order chi connectivity index (χ0) is 8.55. The third-order valence-corrected chi connectivity index (χ3v) is 2.45. The summed E-state index contributed by atoms with van der Waals surface area (Å²) in [6.45, 7) is 0. The fourth-order valence-corrected chi connectivity index (χ4v) is 1.72. The molecule has 1 aliphatic rings. The van der Waals surface area contributed by atoms with E-state index in [4.69, 9.17) is 0 Å². The molecule has 1 N–H and O–H groups in total. The van der Waals surface area contributed by atoms with E-state index in [2.05, 4.69) is 17.9 Å². The average molecular weight is 179 g/mol. The van der Waals surface area contributed by atoms with Gasteiger partial charge in [-0.05, 0) is 24.1 Å². The van der Waals surface area contributed by atoms with Gasteiger partial charge in [0.15, 0.2) is 0 Å². The highest BCUT2D eigenvalue weighted by Gasteiger charge is 2.15. The highest BCUT2D eigenvalue weighted by molar-refractivity contribution is 7.80. The van der Waals surface area contributed by atoms with Crippen LogP contribution < -0.4 is 5.32 Å². The monoisotopic (exact) mass is 179 g/mol. The topological polar surface area (TPSA) is 29.1 Å². The van der Waals surface area contributed by atoms with Gasteiger partial charge in [0.05, 0.1) is 0 Å². The number of amides is 1. The number of thiol groups is 1. The van der Waals surface area contributed by atoms with Crippen molar-refractivity contribution in [3.8, 4) is 0 Å². The maximum atomic E-state index is 11.0. The largest absolute Gasteiger partial charge is 0.326 e. The van der Waals surface area contributed by atoms with Crippen LogP contribution in [0.5, 0.6) is 0 Å². The maximum Gasteiger partial charge on any atom is 0.224 e. The summed E-state index contributed by atoms with van der Waals surface area (Å²) in [4.78, 5) is 12.0. The molecule has 12 heavy (non-hydrogen) atoms. The molecule has 1 aromatic rings. The molecule has 2 nitrogen and oxygen atoms in total. The SMILES string of the molecule is O=C1CCc2c(S)cccc2N1. The molecule has 0 bridgehead atoms. The lowest BCUT2D eigenvalue weighted by Crippen LogP contribution is -2.19. The van der Waals surface area contributed by atoms with Crippen molar-refractivity contribution in [3.05, 3.63) is 23.8 Å². The van der Waals surface area contributed by atoms with Crippen LogP contribution in [0.15, 0.2) is 23.1 Å². The van der Waals surface area contributed by atoms with Crippen LogP contribution in [0.1, 0.15) is 12.0 Å². The molecule has 1 heterocycles. The number of rotatable bonds is 0. The minimum Gasteiger partial charge on any atom is -0.326 e. The molecule has 1 aliphatic heterocycles. The van der Waals surface area contributed by atoms with Crippen LogP contribution in [0.4, 0.5) is 5.69 Å². The number of anilines is 1. The van der Waals surface area contributed by atoms with Gasteiger partial charge < -0.3 is 5.32 Å². The Morgan fingerprint density at radius 2 is 2.17 bits per heavy atom. The smallest absolute Gasteiger partial charge is 0.224 e. The summed E-state index contributed by atoms with van der Waals surface area (Å²) in [6.07, 6.45) is 1.38. The van der Waals surface area contributed by atoms with Crippen molar-refractivity contribution in [3.63, 3.8) is 0 Å². The van der Waals surface area contributed by atoms with E-state index in [1.807, 2.05) is 18.2 Å². The summed E-state index contributed by atoms with van der Waals surface area (Å²) in [5.74, 6) is 0.0985. The molecule has 0 saturated heterocycles. The molecule has 1 aromatic carbocycles. The molecule has 0 unspecified atom stereocenters. The normalized spacial score (nSPS) is 15.2. The lowest BCUT2D eigenvalue weighted by Gasteiger charge is -2.17. The second kappa shape index (κ2) is 2.83. The van der Waals surface area contributed by atoms with Crippen LogP contribution in [-0.2, 0) is 11.2 Å². The summed E-state index contributed by atoms with van der Waals surface area (Å²) < 4.78 is 0. The standard InChI is InChI=1S/C9H9NOS/c11-9-5-4-6-7(10-9)2-1-3-8(6)12/h1-3,12H,4-5H2,(H,10,11). The number of carbonyl (C=O) groups is 1. The molecule has 0 radical (unpaired) electrons. The van der Waals surface area contributed by atoms with E-state index in [9.17, 15) is 4.79 Å². The Morgan fingerprint density at radius 3 is 3.00 bits per heavy atom. The lowest BCUT2D eigenvalue weighted by atomic mass is 10.0. The molecule has 2 rings (SSSR count). The minimum absolute atomic E-state index is 0.0985. The fourth-order valence-electron chi connectivity index (χ4n) is 1.41. The van der Waals surface area contributed by atoms with Crippen molar-refractivity contribution in [2.45, 2.75) is 17.7 Å². The van der Waals surface area contributed by atoms with Gasteiger partial charge >= 0.3 is 0 Å². The molecule has 1 amide bonds. The zero-order valence-electron chi connectivity index (χ0n) is 6.50. The van der Waals surface area contributed by atoms with E-state index in [-0.39, 0.29) is 5.91 Å². The number of fused-ring (bicyclic) bond motifs is 1. The molecule has 0 fully saturated rings. The van der Waals surface area contributed by atoms with E-state index in [0.29, 0.717) is 6.42 Å². The van der Waals surface area contributed by atoms with Crippen LogP contribution in [0, 0.1) is 0 Å². The van der Waals surface area contributed by atoms with Crippen LogP contribution in [-0.4, -0.2) is 5.91 Å². The predicted octanol–water partition coefficient (Wildman–Crippen LogP) is 1.86. The van der Waals surface area contributed by atoms with Crippen LogP contribution in [0.2, 0.25) is 0 Å². The van der Waals surface area contributed by atoms with Crippen molar-refractivity contribution in [1.29, 1.82) is 0 Å². The Hall–Kier alpha value is -0.960. The Balaban J connectivity index is 2.48. The van der Waals surface area contributed by atoms with E-state index in [1.54, 1.807) is 0 Å². The molecule has 0 spiro atoms. The first-order valence-electron chi connectivity index (χ1n) is 3.88. The summed E-state index contributed by atoms with van der Waals surface area (Å²) in [7, 11) is 0. The molecule has 0 saturated carbocycles. The Morgan fingerprint density at radius 1 is 1.33 bits per heavy atom. The summed E-state index contributed by atoms with van der Waals surface area (Å²) in [6, 6.07) is 5.75. The quantitative estimate of drug-likeness (QED) is 0.585. The number of benzene rings is 1. The maximum absolute atomic E-state index is 11.0. The second-order valence-corrected chi connectivity index (χ2v) is 3.33. The van der Waals surface area contributed by atoms with Gasteiger partial charge in [-0.15, -0.1) is 12.6 Å².